The smallest absolute Gasteiger partial charge is 0.294 e. The fourth-order valence-corrected chi connectivity index (χ4v) is 4.55. The molecular formula is C24H27BrN2O3S. The van der Waals surface area contributed by atoms with Gasteiger partial charge in [0.05, 0.1) is 5.69 Å². The van der Waals surface area contributed by atoms with E-state index >= 15 is 0 Å². The van der Waals surface area contributed by atoms with Gasteiger partial charge in [0, 0.05) is 11.0 Å². The van der Waals surface area contributed by atoms with E-state index in [2.05, 4.69) is 28.2 Å². The first-order chi connectivity index (χ1) is 15.1. The van der Waals surface area contributed by atoms with Crippen LogP contribution in [-0.4, -0.2) is 36.4 Å². The number of carbonyl (C=O) groups is 2. The summed E-state index contributed by atoms with van der Waals surface area (Å²) in [5.41, 5.74) is 1.43. The molecule has 2 amide bonds. The Morgan fingerprint density at radius 2 is 1.87 bits per heavy atom. The molecule has 1 heterocycles. The molecule has 164 valence electrons. The molecule has 1 aliphatic heterocycles. The molecule has 0 saturated heterocycles. The zero-order valence-corrected chi connectivity index (χ0v) is 20.0. The van der Waals surface area contributed by atoms with Crippen LogP contribution in [0.2, 0.25) is 0 Å². The van der Waals surface area contributed by atoms with Crippen LogP contribution in [0.25, 0.3) is 6.08 Å². The Bertz CT molecular complexity index is 948. The Morgan fingerprint density at radius 3 is 2.68 bits per heavy atom. The molecule has 1 aliphatic rings. The lowest BCUT2D eigenvalue weighted by atomic mass is 10.1. The first kappa shape index (κ1) is 23.4. The molecule has 0 spiro atoms. The van der Waals surface area contributed by atoms with Gasteiger partial charge in [0.15, 0.2) is 11.5 Å². The monoisotopic (exact) mass is 502 g/mol. The molecule has 0 saturated carbocycles. The summed E-state index contributed by atoms with van der Waals surface area (Å²) in [7, 11) is 0. The van der Waals surface area contributed by atoms with Crippen molar-refractivity contribution in [3.8, 4) is 5.75 Å². The Labute approximate surface area is 196 Å². The van der Waals surface area contributed by atoms with Crippen LogP contribution >= 0.6 is 27.7 Å². The summed E-state index contributed by atoms with van der Waals surface area (Å²) >= 11 is 5.41. The van der Waals surface area contributed by atoms with Crippen molar-refractivity contribution in [2.45, 2.75) is 26.2 Å². The van der Waals surface area contributed by atoms with Crippen LogP contribution in [0.4, 0.5) is 5.69 Å². The van der Waals surface area contributed by atoms with Gasteiger partial charge in [-0.05, 0) is 54.2 Å². The molecule has 0 aliphatic carbocycles. The fraction of sp³-hybridized carbons (Fsp3) is 0.333. The van der Waals surface area contributed by atoms with Crippen molar-refractivity contribution in [1.29, 1.82) is 0 Å². The minimum absolute atomic E-state index is 0.0461. The number of thioether (sulfide) groups is 1. The standard InChI is InChI=1S/C24H27BrN2O3S/c1-2-3-14-31-15-8-13-26-23(28)17-27-20-11-6-7-12-21(20)30-22(24(27)29)16-18-9-4-5-10-19(18)25/h4-7,9-12,16H,2-3,8,13-15,17H2,1H3,(H,26,28). The van der Waals surface area contributed by atoms with Crippen LogP contribution in [0.5, 0.6) is 5.75 Å². The third-order valence-electron chi connectivity index (χ3n) is 4.76. The quantitative estimate of drug-likeness (QED) is 0.355. The molecular weight excluding hydrogens is 476 g/mol. The number of unbranched alkanes of at least 4 members (excludes halogenated alkanes) is 1. The number of hydrogen-bond acceptors (Lipinski definition) is 4. The first-order valence-electron chi connectivity index (χ1n) is 10.5. The molecule has 0 unspecified atom stereocenters. The maximum atomic E-state index is 13.2. The van der Waals surface area contributed by atoms with Gasteiger partial charge < -0.3 is 10.1 Å². The largest absolute Gasteiger partial charge is 0.449 e. The van der Waals surface area contributed by atoms with Gasteiger partial charge in [-0.3, -0.25) is 14.5 Å². The lowest BCUT2D eigenvalue weighted by Crippen LogP contribution is -2.44. The normalized spacial score (nSPS) is 14.3. The predicted molar refractivity (Wildman–Crippen MR) is 131 cm³/mol. The molecule has 0 aromatic heterocycles. The lowest BCUT2D eigenvalue weighted by Gasteiger charge is -2.30. The van der Waals surface area contributed by atoms with E-state index in [0.29, 0.717) is 18.0 Å². The molecule has 2 aromatic rings. The van der Waals surface area contributed by atoms with Crippen LogP contribution in [0.15, 0.2) is 58.8 Å². The van der Waals surface area contributed by atoms with E-state index in [-0.39, 0.29) is 24.1 Å². The van der Waals surface area contributed by atoms with Gasteiger partial charge in [0.2, 0.25) is 5.91 Å². The topological polar surface area (TPSA) is 58.6 Å². The number of fused-ring (bicyclic) bond motifs is 1. The number of nitrogens with zero attached hydrogens (tertiary/aromatic N) is 1. The summed E-state index contributed by atoms with van der Waals surface area (Å²) in [5.74, 6) is 2.42. The number of ether oxygens (including phenoxy) is 1. The summed E-state index contributed by atoms with van der Waals surface area (Å²) in [6.07, 6.45) is 5.04. The molecule has 1 N–H and O–H groups in total. The van der Waals surface area contributed by atoms with Crippen molar-refractivity contribution in [3.05, 3.63) is 64.3 Å². The van der Waals surface area contributed by atoms with E-state index in [1.807, 2.05) is 48.2 Å². The highest BCUT2D eigenvalue weighted by molar-refractivity contribution is 9.10. The number of amides is 2. The molecule has 0 bridgehead atoms. The SMILES string of the molecule is CCCCSCCCNC(=O)CN1C(=O)C(=Cc2ccccc2Br)Oc2ccccc21. The highest BCUT2D eigenvalue weighted by atomic mass is 79.9. The van der Waals surface area contributed by atoms with Crippen LogP contribution < -0.4 is 15.0 Å². The number of para-hydroxylation sites is 2. The van der Waals surface area contributed by atoms with E-state index in [1.165, 1.54) is 17.7 Å². The molecule has 31 heavy (non-hydrogen) atoms. The van der Waals surface area contributed by atoms with Crippen LogP contribution in [0.1, 0.15) is 31.7 Å². The van der Waals surface area contributed by atoms with E-state index < -0.39 is 0 Å². The second-order valence-electron chi connectivity index (χ2n) is 7.16. The van der Waals surface area contributed by atoms with E-state index in [4.69, 9.17) is 4.74 Å². The number of benzene rings is 2. The minimum atomic E-state index is -0.334. The predicted octanol–water partition coefficient (Wildman–Crippen LogP) is 5.26. The summed E-state index contributed by atoms with van der Waals surface area (Å²) in [4.78, 5) is 27.2. The van der Waals surface area contributed by atoms with Gasteiger partial charge in [0.1, 0.15) is 6.54 Å². The summed E-state index contributed by atoms with van der Waals surface area (Å²) in [6.45, 7) is 2.75. The second-order valence-corrected chi connectivity index (χ2v) is 9.24. The molecule has 2 aromatic carbocycles. The molecule has 7 heteroatoms. The summed E-state index contributed by atoms with van der Waals surface area (Å²) in [6, 6.07) is 14.9. The van der Waals surface area contributed by atoms with Crippen molar-refractivity contribution >= 4 is 51.3 Å². The summed E-state index contributed by atoms with van der Waals surface area (Å²) < 4.78 is 6.73. The van der Waals surface area contributed by atoms with E-state index in [0.717, 1.165) is 28.0 Å². The third-order valence-corrected chi connectivity index (χ3v) is 6.63. The third kappa shape index (κ3) is 6.61. The van der Waals surface area contributed by atoms with Gasteiger partial charge >= 0.3 is 0 Å². The van der Waals surface area contributed by atoms with Crippen molar-refractivity contribution in [2.75, 3.05) is 29.5 Å². The van der Waals surface area contributed by atoms with Gasteiger partial charge in [-0.2, -0.15) is 11.8 Å². The Hall–Kier alpha value is -2.25. The van der Waals surface area contributed by atoms with Gasteiger partial charge in [-0.25, -0.2) is 0 Å². The number of halogens is 1. The van der Waals surface area contributed by atoms with Crippen molar-refractivity contribution in [3.63, 3.8) is 0 Å². The highest BCUT2D eigenvalue weighted by Crippen LogP contribution is 2.35. The maximum Gasteiger partial charge on any atom is 0.294 e. The Balaban J connectivity index is 1.66. The van der Waals surface area contributed by atoms with E-state index in [9.17, 15) is 9.59 Å². The lowest BCUT2D eigenvalue weighted by molar-refractivity contribution is -0.123. The molecule has 3 rings (SSSR count). The molecule has 5 nitrogen and oxygen atoms in total. The zero-order valence-electron chi connectivity index (χ0n) is 17.6. The van der Waals surface area contributed by atoms with Crippen molar-refractivity contribution in [2.24, 2.45) is 0 Å². The number of rotatable bonds is 10. The maximum absolute atomic E-state index is 13.2. The number of hydrogen-bond donors (Lipinski definition) is 1. The summed E-state index contributed by atoms with van der Waals surface area (Å²) in [5, 5.41) is 2.93. The average Bonchev–Trinajstić information content (AvgIpc) is 2.77. The highest BCUT2D eigenvalue weighted by Gasteiger charge is 2.31. The van der Waals surface area contributed by atoms with Crippen LogP contribution in [0, 0.1) is 0 Å². The molecule has 0 atom stereocenters. The van der Waals surface area contributed by atoms with Gasteiger partial charge in [0.25, 0.3) is 5.91 Å². The second kappa shape index (κ2) is 12.0. The Morgan fingerprint density at radius 1 is 1.13 bits per heavy atom. The first-order valence-corrected chi connectivity index (χ1v) is 12.4. The van der Waals surface area contributed by atoms with Gasteiger partial charge in [-0.1, -0.05) is 59.6 Å². The van der Waals surface area contributed by atoms with Crippen LogP contribution in [0.3, 0.4) is 0 Å². The van der Waals surface area contributed by atoms with Crippen LogP contribution in [-0.2, 0) is 9.59 Å². The fourth-order valence-electron chi connectivity index (χ4n) is 3.10. The average molecular weight is 503 g/mol. The Kier molecular flexibility index (Phi) is 9.03. The van der Waals surface area contributed by atoms with E-state index in [1.54, 1.807) is 18.2 Å². The molecule has 0 radical (unpaired) electrons. The van der Waals surface area contributed by atoms with Crippen molar-refractivity contribution < 1.29 is 14.3 Å². The minimum Gasteiger partial charge on any atom is -0.449 e. The molecule has 0 fully saturated rings. The number of anilines is 1. The number of nitrogens with one attached hydrogen (secondary N) is 1. The van der Waals surface area contributed by atoms with Gasteiger partial charge in [-0.15, -0.1) is 0 Å². The zero-order chi connectivity index (χ0) is 22.1. The number of carbonyl (C=O) groups excluding carboxylic acids is 2. The van der Waals surface area contributed by atoms with Crippen molar-refractivity contribution in [1.82, 2.24) is 5.32 Å².